The summed E-state index contributed by atoms with van der Waals surface area (Å²) >= 11 is 1.64. The van der Waals surface area contributed by atoms with Gasteiger partial charge in [0.25, 0.3) is 15.9 Å². The normalized spacial score (nSPS) is 13.8. The Kier molecular flexibility index (Phi) is 10.2. The molecule has 1 saturated heterocycles. The smallest absolute Gasteiger partial charge is 0.261 e. The van der Waals surface area contributed by atoms with Crippen LogP contribution in [0.4, 0.5) is 10.8 Å². The molecular weight excluding hydrogens is 598 g/mol. The molecule has 13 heteroatoms. The van der Waals surface area contributed by atoms with Crippen molar-refractivity contribution < 1.29 is 22.7 Å². The van der Waals surface area contributed by atoms with E-state index in [1.54, 1.807) is 74.1 Å². The first kappa shape index (κ1) is 31.4. The molecule has 0 atom stereocenters. The van der Waals surface area contributed by atoms with E-state index in [9.17, 15) is 13.2 Å². The van der Waals surface area contributed by atoms with Crippen LogP contribution in [0.5, 0.6) is 11.5 Å². The zero-order valence-corrected chi connectivity index (χ0v) is 26.1. The number of aromatic nitrogens is 1. The second-order valence-corrected chi connectivity index (χ2v) is 12.4. The Bertz CT molecular complexity index is 1620. The average Bonchev–Trinajstić information content (AvgIpc) is 3.42. The Hall–Kier alpha value is -3.58. The minimum atomic E-state index is -3.70. The van der Waals surface area contributed by atoms with Gasteiger partial charge < -0.3 is 19.7 Å². The van der Waals surface area contributed by atoms with Gasteiger partial charge in [0, 0.05) is 50.5 Å². The summed E-state index contributed by atoms with van der Waals surface area (Å²) < 4.78 is 39.8. The Labute approximate surface area is 256 Å². The van der Waals surface area contributed by atoms with Gasteiger partial charge in [-0.25, -0.2) is 13.4 Å². The molecule has 4 aromatic rings. The van der Waals surface area contributed by atoms with Crippen LogP contribution in [0.3, 0.4) is 0 Å². The topological polar surface area (TPSA) is 113 Å². The van der Waals surface area contributed by atoms with E-state index in [-0.39, 0.29) is 23.2 Å². The number of hydrogen-bond donors (Lipinski definition) is 2. The fourth-order valence-corrected chi connectivity index (χ4v) is 6.72. The summed E-state index contributed by atoms with van der Waals surface area (Å²) in [5.41, 5.74) is 2.66. The van der Waals surface area contributed by atoms with Crippen LogP contribution in [0.15, 0.2) is 65.6 Å². The van der Waals surface area contributed by atoms with Gasteiger partial charge in [0.1, 0.15) is 5.52 Å². The summed E-state index contributed by atoms with van der Waals surface area (Å²) in [6.45, 7) is 6.55. The number of sulfonamides is 1. The predicted molar refractivity (Wildman–Crippen MR) is 169 cm³/mol. The summed E-state index contributed by atoms with van der Waals surface area (Å²) in [7, 11) is -0.453. The standard InChI is InChI=1S/C29H33N5O5S2.ClH/c1-20-4-10-23(11-5-20)41(36,37)32-22-8-6-21(7-9-22)28(35)30-14-15-33-16-18-34(19-17-33)29-31-26-25(40-29)13-12-24(38-2)27(26)39-3;/h4-13,32H,14-19H2,1-3H3,(H,30,35);1H. The lowest BCUT2D eigenvalue weighted by atomic mass is 10.2. The molecule has 0 spiro atoms. The number of anilines is 2. The van der Waals surface area contributed by atoms with Crippen molar-refractivity contribution in [1.29, 1.82) is 0 Å². The molecule has 2 N–H and O–H groups in total. The maximum Gasteiger partial charge on any atom is 0.261 e. The largest absolute Gasteiger partial charge is 0.493 e. The SMILES string of the molecule is COc1ccc2sc(N3CCN(CCNC(=O)c4ccc(NS(=O)(=O)c5ccc(C)cc5)cc4)CC3)nc2c1OC.Cl. The van der Waals surface area contributed by atoms with Crippen molar-refractivity contribution in [3.63, 3.8) is 0 Å². The maximum atomic E-state index is 12.7. The summed E-state index contributed by atoms with van der Waals surface area (Å²) in [6, 6.07) is 16.9. The molecule has 1 aromatic heterocycles. The number of piperazine rings is 1. The third kappa shape index (κ3) is 7.06. The zero-order chi connectivity index (χ0) is 29.0. The fourth-order valence-electron chi connectivity index (χ4n) is 4.65. The van der Waals surface area contributed by atoms with Crippen molar-refractivity contribution in [3.05, 3.63) is 71.8 Å². The quantitative estimate of drug-likeness (QED) is 0.265. The Morgan fingerprint density at radius 1 is 0.952 bits per heavy atom. The van der Waals surface area contributed by atoms with Gasteiger partial charge in [-0.2, -0.15) is 0 Å². The Morgan fingerprint density at radius 3 is 2.29 bits per heavy atom. The summed E-state index contributed by atoms with van der Waals surface area (Å²) in [4.78, 5) is 22.3. The van der Waals surface area contributed by atoms with Gasteiger partial charge in [-0.1, -0.05) is 29.0 Å². The molecule has 10 nitrogen and oxygen atoms in total. The van der Waals surface area contributed by atoms with Gasteiger partial charge in [0.2, 0.25) is 0 Å². The molecule has 5 rings (SSSR count). The first-order chi connectivity index (χ1) is 19.8. The molecule has 1 aliphatic heterocycles. The lowest BCUT2D eigenvalue weighted by Gasteiger charge is -2.34. The van der Waals surface area contributed by atoms with Crippen LogP contribution in [0.1, 0.15) is 15.9 Å². The van der Waals surface area contributed by atoms with Gasteiger partial charge >= 0.3 is 0 Å². The maximum absolute atomic E-state index is 12.7. The van der Waals surface area contributed by atoms with Crippen molar-refractivity contribution in [2.24, 2.45) is 0 Å². The highest BCUT2D eigenvalue weighted by atomic mass is 35.5. The van der Waals surface area contributed by atoms with Crippen molar-refractivity contribution in [2.75, 3.05) is 63.1 Å². The van der Waals surface area contributed by atoms with E-state index in [4.69, 9.17) is 14.5 Å². The minimum absolute atomic E-state index is 0. The summed E-state index contributed by atoms with van der Waals surface area (Å²) in [5.74, 6) is 1.12. The van der Waals surface area contributed by atoms with Gasteiger partial charge in [0.15, 0.2) is 16.6 Å². The number of amides is 1. The molecule has 2 heterocycles. The molecule has 1 aliphatic rings. The van der Waals surface area contributed by atoms with Crippen LogP contribution in [0, 0.1) is 6.92 Å². The highest BCUT2D eigenvalue weighted by Gasteiger charge is 2.22. The van der Waals surface area contributed by atoms with Gasteiger partial charge in [-0.15, -0.1) is 12.4 Å². The van der Waals surface area contributed by atoms with Crippen LogP contribution in [0.25, 0.3) is 10.2 Å². The van der Waals surface area contributed by atoms with E-state index >= 15 is 0 Å². The van der Waals surface area contributed by atoms with Crippen LogP contribution in [-0.2, 0) is 10.0 Å². The van der Waals surface area contributed by atoms with E-state index in [0.29, 0.717) is 29.3 Å². The third-order valence-corrected chi connectivity index (χ3v) is 9.46. The van der Waals surface area contributed by atoms with Gasteiger partial charge in [-0.3, -0.25) is 14.4 Å². The number of thiazole rings is 1. The highest BCUT2D eigenvalue weighted by Crippen LogP contribution is 2.40. The van der Waals surface area contributed by atoms with E-state index < -0.39 is 10.0 Å². The second-order valence-electron chi connectivity index (χ2n) is 9.72. The Balaban J connectivity index is 0.00000405. The number of nitrogens with zero attached hydrogens (tertiary/aromatic N) is 3. The van der Waals surface area contributed by atoms with Gasteiger partial charge in [0.05, 0.1) is 23.8 Å². The van der Waals surface area contributed by atoms with E-state index in [0.717, 1.165) is 53.6 Å². The number of aryl methyl sites for hydroxylation is 1. The fraction of sp³-hybridized carbons (Fsp3) is 0.310. The zero-order valence-electron chi connectivity index (χ0n) is 23.6. The number of benzene rings is 3. The number of ether oxygens (including phenoxy) is 2. The number of hydrogen-bond acceptors (Lipinski definition) is 9. The highest BCUT2D eigenvalue weighted by molar-refractivity contribution is 7.92. The van der Waals surface area contributed by atoms with Crippen LogP contribution in [-0.4, -0.2) is 77.7 Å². The Morgan fingerprint density at radius 2 is 1.64 bits per heavy atom. The molecule has 1 fully saturated rings. The number of nitrogens with one attached hydrogen (secondary N) is 2. The molecule has 42 heavy (non-hydrogen) atoms. The molecule has 0 unspecified atom stereocenters. The molecule has 0 radical (unpaired) electrons. The number of halogens is 1. The van der Waals surface area contributed by atoms with Crippen molar-refractivity contribution >= 4 is 60.7 Å². The van der Waals surface area contributed by atoms with Crippen molar-refractivity contribution in [2.45, 2.75) is 11.8 Å². The van der Waals surface area contributed by atoms with E-state index in [1.807, 2.05) is 19.1 Å². The number of rotatable bonds is 10. The van der Waals surface area contributed by atoms with Gasteiger partial charge in [-0.05, 0) is 55.5 Å². The van der Waals surface area contributed by atoms with Crippen LogP contribution >= 0.6 is 23.7 Å². The average molecular weight is 632 g/mol. The number of methoxy groups -OCH3 is 2. The molecule has 0 saturated carbocycles. The summed E-state index contributed by atoms with van der Waals surface area (Å²) in [5, 5.41) is 3.92. The van der Waals surface area contributed by atoms with E-state index in [1.165, 1.54) is 0 Å². The molecule has 224 valence electrons. The molecule has 3 aromatic carbocycles. The van der Waals surface area contributed by atoms with Crippen LogP contribution in [0.2, 0.25) is 0 Å². The van der Waals surface area contributed by atoms with Crippen molar-refractivity contribution in [1.82, 2.24) is 15.2 Å². The lowest BCUT2D eigenvalue weighted by molar-refractivity contribution is 0.0948. The number of fused-ring (bicyclic) bond motifs is 1. The first-order valence-corrected chi connectivity index (χ1v) is 15.5. The predicted octanol–water partition coefficient (Wildman–Crippen LogP) is 4.40. The monoisotopic (exact) mass is 631 g/mol. The molecule has 0 aliphatic carbocycles. The van der Waals surface area contributed by atoms with Crippen molar-refractivity contribution in [3.8, 4) is 11.5 Å². The first-order valence-electron chi connectivity index (χ1n) is 13.2. The third-order valence-electron chi connectivity index (χ3n) is 6.98. The number of carbonyl (C=O) groups is 1. The number of carbonyl (C=O) groups excluding carboxylic acids is 1. The molecular formula is C29H34ClN5O5S2. The van der Waals surface area contributed by atoms with E-state index in [2.05, 4.69) is 19.8 Å². The lowest BCUT2D eigenvalue weighted by Crippen LogP contribution is -2.48. The minimum Gasteiger partial charge on any atom is -0.493 e. The molecule has 0 bridgehead atoms. The summed E-state index contributed by atoms with van der Waals surface area (Å²) in [6.07, 6.45) is 0. The van der Waals surface area contributed by atoms with Crippen LogP contribution < -0.4 is 24.4 Å². The molecule has 1 amide bonds. The second kappa shape index (κ2) is 13.6.